The van der Waals surface area contributed by atoms with E-state index in [2.05, 4.69) is 0 Å². The zero-order valence-electron chi connectivity index (χ0n) is 6.60. The number of nitro groups is 2. The zero-order valence-corrected chi connectivity index (χ0v) is 6.60. The number of hydrogen-bond acceptors (Lipinski definition) is 4. The molecule has 0 unspecified atom stereocenters. The average Bonchev–Trinajstić information content (AvgIpc) is 1.59. The predicted molar refractivity (Wildman–Crippen MR) is 32.1 cm³/mol. The van der Waals surface area contributed by atoms with Crippen LogP contribution in [-0.2, 0) is 0 Å². The van der Waals surface area contributed by atoms with Crippen LogP contribution < -0.4 is 18.9 Å². The molecular formula is C4H7LiN2O4. The van der Waals surface area contributed by atoms with Gasteiger partial charge in [0.1, 0.15) is 0 Å². The van der Waals surface area contributed by atoms with E-state index in [1.165, 1.54) is 13.8 Å². The van der Waals surface area contributed by atoms with Gasteiger partial charge >= 0.3 is 18.9 Å². The van der Waals surface area contributed by atoms with E-state index in [1.54, 1.807) is 0 Å². The maximum Gasteiger partial charge on any atom is 1.00 e. The van der Waals surface area contributed by atoms with E-state index in [0.717, 1.165) is 0 Å². The van der Waals surface area contributed by atoms with Crippen molar-refractivity contribution in [3.05, 3.63) is 26.4 Å². The number of rotatable bonds is 3. The van der Waals surface area contributed by atoms with Gasteiger partial charge in [-0.25, -0.2) is 0 Å². The Hall–Kier alpha value is -0.733. The smallest absolute Gasteiger partial charge is 0.289 e. The molecule has 6 nitrogen and oxygen atoms in total. The minimum atomic E-state index is -0.968. The third-order valence-electron chi connectivity index (χ3n) is 0.891. The van der Waals surface area contributed by atoms with Crippen LogP contribution in [0.15, 0.2) is 0 Å². The van der Waals surface area contributed by atoms with Crippen LogP contribution in [0.1, 0.15) is 13.8 Å². The van der Waals surface area contributed by atoms with Crippen molar-refractivity contribution in [3.63, 3.8) is 0 Å². The summed E-state index contributed by atoms with van der Waals surface area (Å²) >= 11 is 0. The average molecular weight is 154 g/mol. The molecule has 11 heavy (non-hydrogen) atoms. The fourth-order valence-corrected chi connectivity index (χ4v) is 0.488. The number of nitrogens with zero attached hydrogens (tertiary/aromatic N) is 2. The topological polar surface area (TPSA) is 86.3 Å². The van der Waals surface area contributed by atoms with Crippen LogP contribution in [0.2, 0.25) is 0 Å². The molecule has 0 heterocycles. The molecule has 0 aromatic rings. The van der Waals surface area contributed by atoms with Crippen LogP contribution in [0, 0.1) is 32.3 Å². The van der Waals surface area contributed by atoms with Gasteiger partial charge in [-0.05, 0) is 15.8 Å². The molecule has 0 aromatic heterocycles. The number of hydrogen-bond donors (Lipinski definition) is 0. The molecule has 0 fully saturated rings. The van der Waals surface area contributed by atoms with Crippen molar-refractivity contribution in [2.45, 2.75) is 13.8 Å². The minimum Gasteiger partial charge on any atom is -0.289 e. The third-order valence-corrected chi connectivity index (χ3v) is 0.891. The second-order valence-corrected chi connectivity index (χ2v) is 2.03. The summed E-state index contributed by atoms with van der Waals surface area (Å²) in [7, 11) is 0. The molecule has 0 N–H and O–H groups in total. The van der Waals surface area contributed by atoms with Gasteiger partial charge in [0, 0.05) is 0 Å². The molecule has 0 aromatic carbocycles. The van der Waals surface area contributed by atoms with Crippen LogP contribution in [0.5, 0.6) is 0 Å². The van der Waals surface area contributed by atoms with Crippen molar-refractivity contribution in [1.29, 1.82) is 0 Å². The first kappa shape index (κ1) is 12.9. The predicted octanol–water partition coefficient (Wildman–Crippen LogP) is -2.31. The fraction of sp³-hybridized carbons (Fsp3) is 0.750. The molecule has 0 saturated carbocycles. The summed E-state index contributed by atoms with van der Waals surface area (Å²) in [6, 6.07) is 0. The third kappa shape index (κ3) is 3.86. The van der Waals surface area contributed by atoms with Gasteiger partial charge in [0.05, 0.1) is 0 Å². The summed E-state index contributed by atoms with van der Waals surface area (Å²) in [5.41, 5.74) is 0. The Balaban J connectivity index is 0. The van der Waals surface area contributed by atoms with E-state index in [0.29, 0.717) is 0 Å². The maximum absolute atomic E-state index is 9.91. The summed E-state index contributed by atoms with van der Waals surface area (Å²) in [6.45, 7) is 2.81. The van der Waals surface area contributed by atoms with Crippen molar-refractivity contribution in [2.75, 3.05) is 0 Å². The van der Waals surface area contributed by atoms with Gasteiger partial charge in [-0.1, -0.05) is 13.8 Å². The Labute approximate surface area is 75.4 Å². The van der Waals surface area contributed by atoms with Crippen molar-refractivity contribution in [1.82, 2.24) is 0 Å². The normalized spacial score (nSPS) is 8.64. The Morgan fingerprint density at radius 1 is 1.18 bits per heavy atom. The molecule has 0 aliphatic rings. The second kappa shape index (κ2) is 4.99. The van der Waals surface area contributed by atoms with Gasteiger partial charge in [0.25, 0.3) is 6.17 Å². The molecule has 0 saturated heterocycles. The van der Waals surface area contributed by atoms with E-state index in [4.69, 9.17) is 0 Å². The van der Waals surface area contributed by atoms with Crippen molar-refractivity contribution >= 4 is 0 Å². The summed E-state index contributed by atoms with van der Waals surface area (Å²) in [4.78, 5) is 17.9. The van der Waals surface area contributed by atoms with Crippen molar-refractivity contribution in [2.24, 2.45) is 5.92 Å². The first-order valence-corrected chi connectivity index (χ1v) is 2.62. The summed E-state index contributed by atoms with van der Waals surface area (Å²) in [5.74, 6) is -0.648. The van der Waals surface area contributed by atoms with E-state index in [1.807, 2.05) is 0 Å². The van der Waals surface area contributed by atoms with Gasteiger partial charge < -0.3 is 0 Å². The largest absolute Gasteiger partial charge is 1.00 e. The Morgan fingerprint density at radius 3 is 1.45 bits per heavy atom. The van der Waals surface area contributed by atoms with Gasteiger partial charge in [-0.2, -0.15) is 0 Å². The second-order valence-electron chi connectivity index (χ2n) is 2.03. The van der Waals surface area contributed by atoms with E-state index in [-0.39, 0.29) is 18.9 Å². The standard InChI is InChI=1S/C4H7N2O4.Li/c1-3(2)4(5(7)8)6(9)10;/h3H,1-2H3;/q-1;+1. The molecule has 0 aliphatic heterocycles. The molecule has 0 aliphatic carbocycles. The molecule has 0 radical (unpaired) electrons. The summed E-state index contributed by atoms with van der Waals surface area (Å²) < 4.78 is 0. The first-order chi connectivity index (χ1) is 4.46. The SMILES string of the molecule is CC(C)[C-]([N+](=O)[O-])[N+](=O)[O-].[Li+]. The molecule has 0 atom stereocenters. The van der Waals surface area contributed by atoms with Gasteiger partial charge in [0.15, 0.2) is 0 Å². The molecule has 0 rings (SSSR count). The zero-order chi connectivity index (χ0) is 8.31. The van der Waals surface area contributed by atoms with E-state index in [9.17, 15) is 20.2 Å². The van der Waals surface area contributed by atoms with E-state index >= 15 is 0 Å². The van der Waals surface area contributed by atoms with Crippen molar-refractivity contribution in [3.8, 4) is 0 Å². The molecule has 7 heteroatoms. The molecular weight excluding hydrogens is 147 g/mol. The van der Waals surface area contributed by atoms with Crippen molar-refractivity contribution < 1.29 is 28.7 Å². The van der Waals surface area contributed by atoms with Crippen LogP contribution in [-0.4, -0.2) is 9.85 Å². The van der Waals surface area contributed by atoms with Crippen LogP contribution in [0.4, 0.5) is 0 Å². The molecule has 58 valence electrons. The van der Waals surface area contributed by atoms with Gasteiger partial charge in [-0.15, -0.1) is 0 Å². The monoisotopic (exact) mass is 154 g/mol. The van der Waals surface area contributed by atoms with Crippen LogP contribution in [0.3, 0.4) is 0 Å². The molecule has 0 spiro atoms. The van der Waals surface area contributed by atoms with Crippen LogP contribution >= 0.6 is 0 Å². The van der Waals surface area contributed by atoms with Gasteiger partial charge in [0.2, 0.25) is 0 Å². The Bertz CT molecular complexity index is 146. The minimum absolute atomic E-state index is 0. The van der Waals surface area contributed by atoms with E-state index < -0.39 is 21.9 Å². The fourth-order valence-electron chi connectivity index (χ4n) is 0.488. The van der Waals surface area contributed by atoms with Gasteiger partial charge in [-0.3, -0.25) is 20.2 Å². The summed E-state index contributed by atoms with van der Waals surface area (Å²) in [5, 5.41) is 19.8. The summed E-state index contributed by atoms with van der Waals surface area (Å²) in [6.07, 6.45) is -0.861. The first-order valence-electron chi connectivity index (χ1n) is 2.62. The molecule has 0 bridgehead atoms. The maximum atomic E-state index is 9.91. The Kier molecular flexibility index (Phi) is 5.85. The quantitative estimate of drug-likeness (QED) is 0.198. The van der Waals surface area contributed by atoms with Crippen LogP contribution in [0.25, 0.3) is 0 Å². The Morgan fingerprint density at radius 2 is 1.45 bits per heavy atom. The molecule has 0 amide bonds.